The van der Waals surface area contributed by atoms with Crippen molar-refractivity contribution in [2.75, 3.05) is 11.9 Å². The summed E-state index contributed by atoms with van der Waals surface area (Å²) in [5, 5.41) is 15.6. The van der Waals surface area contributed by atoms with Crippen molar-refractivity contribution >= 4 is 28.2 Å². The molecule has 3 aromatic heterocycles. The number of fused-ring (bicyclic) bond motifs is 1. The van der Waals surface area contributed by atoms with Gasteiger partial charge in [0.2, 0.25) is 10.9 Å². The van der Waals surface area contributed by atoms with Crippen molar-refractivity contribution < 1.29 is 23.1 Å². The molecule has 8 nitrogen and oxygen atoms in total. The number of aliphatic carboxylic acids is 1. The summed E-state index contributed by atoms with van der Waals surface area (Å²) in [6.07, 6.45) is 1.14. The molecule has 0 aliphatic carbocycles. The molecule has 0 unspecified atom stereocenters. The molecule has 3 aromatic rings. The molecule has 0 aliphatic heterocycles. The van der Waals surface area contributed by atoms with Crippen LogP contribution in [0.1, 0.15) is 10.7 Å². The first kappa shape index (κ1) is 18.6. The number of rotatable bonds is 4. The zero-order valence-corrected chi connectivity index (χ0v) is 13.7. The lowest BCUT2D eigenvalue weighted by atomic mass is 10.3. The number of carboxylic acids is 1. The minimum Gasteiger partial charge on any atom is -0.475 e. The summed E-state index contributed by atoms with van der Waals surface area (Å²) in [4.78, 5) is 22.5. The fourth-order valence-corrected chi connectivity index (χ4v) is 2.40. The van der Waals surface area contributed by atoms with Gasteiger partial charge in [0.25, 0.3) is 0 Å². The highest BCUT2D eigenvalue weighted by atomic mass is 32.1. The van der Waals surface area contributed by atoms with Crippen LogP contribution in [0, 0.1) is 6.92 Å². The van der Waals surface area contributed by atoms with Crippen LogP contribution in [0.3, 0.4) is 0 Å². The number of imidazole rings is 1. The van der Waals surface area contributed by atoms with Crippen LogP contribution in [-0.2, 0) is 11.2 Å². The van der Waals surface area contributed by atoms with Gasteiger partial charge in [0.15, 0.2) is 0 Å². The third-order valence-electron chi connectivity index (χ3n) is 2.67. The topological polar surface area (TPSA) is 105 Å². The number of hydrogen-bond acceptors (Lipinski definition) is 7. The van der Waals surface area contributed by atoms with Crippen LogP contribution in [0.2, 0.25) is 0 Å². The molecule has 0 saturated carbocycles. The van der Waals surface area contributed by atoms with E-state index in [0.29, 0.717) is 5.95 Å². The Morgan fingerprint density at radius 3 is 2.56 bits per heavy atom. The van der Waals surface area contributed by atoms with E-state index in [1.54, 1.807) is 29.8 Å². The second-order valence-corrected chi connectivity index (χ2v) is 5.79. The van der Waals surface area contributed by atoms with E-state index in [1.807, 2.05) is 17.6 Å². The summed E-state index contributed by atoms with van der Waals surface area (Å²) < 4.78 is 33.6. The Balaban J connectivity index is 0.000000277. The largest absolute Gasteiger partial charge is 0.490 e. The van der Waals surface area contributed by atoms with E-state index in [2.05, 4.69) is 25.4 Å². The van der Waals surface area contributed by atoms with E-state index >= 15 is 0 Å². The van der Waals surface area contributed by atoms with Gasteiger partial charge in [-0.2, -0.15) is 18.3 Å². The molecule has 3 heterocycles. The predicted molar refractivity (Wildman–Crippen MR) is 83.5 cm³/mol. The van der Waals surface area contributed by atoms with Crippen LogP contribution in [0.4, 0.5) is 19.1 Å². The highest BCUT2D eigenvalue weighted by Gasteiger charge is 2.38. The molecule has 0 radical (unpaired) electrons. The van der Waals surface area contributed by atoms with Crippen molar-refractivity contribution in [1.82, 2.24) is 24.6 Å². The van der Waals surface area contributed by atoms with Gasteiger partial charge in [-0.25, -0.2) is 24.3 Å². The lowest BCUT2D eigenvalue weighted by molar-refractivity contribution is -0.192. The molecule has 0 aromatic carbocycles. The number of halogens is 3. The molecule has 0 atom stereocenters. The van der Waals surface area contributed by atoms with Crippen LogP contribution >= 0.6 is 11.3 Å². The first-order valence-electron chi connectivity index (χ1n) is 6.88. The Morgan fingerprint density at radius 2 is 2.00 bits per heavy atom. The lowest BCUT2D eigenvalue weighted by Gasteiger charge is -2.01. The Hall–Kier alpha value is -2.76. The van der Waals surface area contributed by atoms with E-state index in [4.69, 9.17) is 9.90 Å². The van der Waals surface area contributed by atoms with Gasteiger partial charge in [-0.3, -0.25) is 0 Å². The second kappa shape index (κ2) is 7.88. The summed E-state index contributed by atoms with van der Waals surface area (Å²) in [5.41, 5.74) is 1.03. The van der Waals surface area contributed by atoms with E-state index in [-0.39, 0.29) is 0 Å². The van der Waals surface area contributed by atoms with Crippen molar-refractivity contribution in [1.29, 1.82) is 0 Å². The fourth-order valence-electron chi connectivity index (χ4n) is 1.66. The highest BCUT2D eigenvalue weighted by Crippen LogP contribution is 2.14. The smallest absolute Gasteiger partial charge is 0.475 e. The minimum absolute atomic E-state index is 0.646. The Labute approximate surface area is 143 Å². The minimum atomic E-state index is -5.08. The van der Waals surface area contributed by atoms with E-state index in [1.165, 1.54) is 0 Å². The molecule has 0 bridgehead atoms. The first-order valence-corrected chi connectivity index (χ1v) is 7.70. The zero-order chi connectivity index (χ0) is 18.4. The highest BCUT2D eigenvalue weighted by molar-refractivity contribution is 7.16. The van der Waals surface area contributed by atoms with Gasteiger partial charge in [0.05, 0.1) is 11.9 Å². The average Bonchev–Trinajstić information content (AvgIpc) is 3.05. The summed E-state index contributed by atoms with van der Waals surface area (Å²) in [6.45, 7) is 2.74. The normalized spacial score (nSPS) is 11.0. The summed E-state index contributed by atoms with van der Waals surface area (Å²) in [7, 11) is 0. The van der Waals surface area contributed by atoms with Gasteiger partial charge in [-0.1, -0.05) is 11.3 Å². The molecule has 2 N–H and O–H groups in total. The molecular weight excluding hydrogens is 361 g/mol. The molecule has 0 fully saturated rings. The van der Waals surface area contributed by atoms with Crippen LogP contribution in [-0.4, -0.2) is 48.4 Å². The van der Waals surface area contributed by atoms with Crippen LogP contribution < -0.4 is 5.32 Å². The predicted octanol–water partition coefficient (Wildman–Crippen LogP) is 2.18. The molecule has 12 heteroatoms. The van der Waals surface area contributed by atoms with E-state index in [9.17, 15) is 13.2 Å². The molecular formula is C13H13F3N6O2S. The Morgan fingerprint density at radius 1 is 1.36 bits per heavy atom. The maximum atomic E-state index is 10.6. The van der Waals surface area contributed by atoms with Gasteiger partial charge in [0, 0.05) is 25.4 Å². The van der Waals surface area contributed by atoms with Crippen molar-refractivity contribution in [2.45, 2.75) is 19.5 Å². The number of anilines is 1. The molecule has 0 spiro atoms. The molecule has 134 valence electrons. The first-order chi connectivity index (χ1) is 11.8. The standard InChI is InChI=1S/C11H12N6S.C2HF3O2/c1-8-16-17-7-9(15-11(17)18-8)3-6-14-10-12-4-2-5-13-10;3-2(4,5)1(6)7/h2,4-5,7H,3,6H2,1H3,(H,12,13,14);(H,6,7). The number of nitrogens with zero attached hydrogens (tertiary/aromatic N) is 5. The zero-order valence-electron chi connectivity index (χ0n) is 12.9. The van der Waals surface area contributed by atoms with Gasteiger partial charge >= 0.3 is 12.1 Å². The Kier molecular flexibility index (Phi) is 5.85. The van der Waals surface area contributed by atoms with Crippen molar-refractivity contribution in [3.05, 3.63) is 35.4 Å². The van der Waals surface area contributed by atoms with Gasteiger partial charge < -0.3 is 10.4 Å². The monoisotopic (exact) mass is 374 g/mol. The lowest BCUT2D eigenvalue weighted by Crippen LogP contribution is -2.21. The molecule has 3 rings (SSSR count). The van der Waals surface area contributed by atoms with Crippen LogP contribution in [0.25, 0.3) is 4.96 Å². The van der Waals surface area contributed by atoms with Crippen molar-refractivity contribution in [3.8, 4) is 0 Å². The number of nitrogens with one attached hydrogen (secondary N) is 1. The summed E-state index contributed by atoms with van der Waals surface area (Å²) >= 11 is 1.60. The average molecular weight is 374 g/mol. The molecule has 0 saturated heterocycles. The number of aromatic nitrogens is 5. The number of aryl methyl sites for hydroxylation is 1. The maximum absolute atomic E-state index is 10.6. The number of alkyl halides is 3. The molecule has 0 aliphatic rings. The fraction of sp³-hybridized carbons (Fsp3) is 0.308. The SMILES string of the molecule is Cc1nn2cc(CCNc3ncccn3)nc2s1.O=C(O)C(F)(F)F. The van der Waals surface area contributed by atoms with Gasteiger partial charge in [-0.05, 0) is 13.0 Å². The second-order valence-electron chi connectivity index (χ2n) is 4.63. The molecule has 0 amide bonds. The third-order valence-corrected chi connectivity index (χ3v) is 3.50. The van der Waals surface area contributed by atoms with Crippen molar-refractivity contribution in [3.63, 3.8) is 0 Å². The maximum Gasteiger partial charge on any atom is 0.490 e. The molecule has 25 heavy (non-hydrogen) atoms. The summed E-state index contributed by atoms with van der Waals surface area (Å²) in [6, 6.07) is 1.79. The van der Waals surface area contributed by atoms with E-state index < -0.39 is 12.1 Å². The van der Waals surface area contributed by atoms with Gasteiger partial charge in [-0.15, -0.1) is 0 Å². The van der Waals surface area contributed by atoms with Crippen LogP contribution in [0.15, 0.2) is 24.7 Å². The summed E-state index contributed by atoms with van der Waals surface area (Å²) in [5.74, 6) is -2.11. The van der Waals surface area contributed by atoms with Gasteiger partial charge in [0.1, 0.15) is 5.01 Å². The number of carbonyl (C=O) groups is 1. The van der Waals surface area contributed by atoms with Crippen LogP contribution in [0.5, 0.6) is 0 Å². The number of carboxylic acid groups (broad SMARTS) is 1. The Bertz CT molecular complexity index is 802. The third kappa shape index (κ3) is 5.67. The quantitative estimate of drug-likeness (QED) is 0.721. The van der Waals surface area contributed by atoms with Crippen molar-refractivity contribution in [2.24, 2.45) is 0 Å². The number of hydrogen-bond donors (Lipinski definition) is 2. The van der Waals surface area contributed by atoms with E-state index in [0.717, 1.165) is 28.6 Å².